The highest BCUT2D eigenvalue weighted by atomic mass is 16.5. The Morgan fingerprint density at radius 2 is 1.62 bits per heavy atom. The van der Waals surface area contributed by atoms with Crippen LogP contribution in [0.25, 0.3) is 10.8 Å². The summed E-state index contributed by atoms with van der Waals surface area (Å²) in [5, 5.41) is 5.01. The fourth-order valence-corrected chi connectivity index (χ4v) is 2.63. The smallest absolute Gasteiger partial charge is 0.265 e. The lowest BCUT2D eigenvalue weighted by molar-refractivity contribution is -0.122. The van der Waals surface area contributed by atoms with Crippen molar-refractivity contribution in [3.8, 4) is 17.2 Å². The summed E-state index contributed by atoms with van der Waals surface area (Å²) in [5.41, 5.74) is 0.562. The maximum Gasteiger partial charge on any atom is 0.265 e. The Morgan fingerprint density at radius 1 is 0.885 bits per heavy atom. The van der Waals surface area contributed by atoms with Gasteiger partial charge in [0.05, 0.1) is 19.9 Å². The molecule has 0 bridgehead atoms. The molecule has 1 N–H and O–H groups in total. The van der Waals surface area contributed by atoms with Crippen LogP contribution in [0.15, 0.2) is 60.7 Å². The van der Waals surface area contributed by atoms with Gasteiger partial charge in [-0.3, -0.25) is 4.79 Å². The third-order valence-corrected chi connectivity index (χ3v) is 4.07. The number of rotatable bonds is 6. The van der Waals surface area contributed by atoms with Crippen LogP contribution >= 0.6 is 0 Å². The summed E-state index contributed by atoms with van der Waals surface area (Å²) in [6, 6.07) is 19.0. The summed E-state index contributed by atoms with van der Waals surface area (Å²) in [7, 11) is 3.12. The van der Waals surface area contributed by atoms with Gasteiger partial charge in [0.2, 0.25) is 0 Å². The molecule has 3 aromatic rings. The number of hydrogen-bond donors (Lipinski definition) is 1. The molecule has 0 fully saturated rings. The monoisotopic (exact) mass is 351 g/mol. The van der Waals surface area contributed by atoms with E-state index in [9.17, 15) is 4.79 Å². The van der Waals surface area contributed by atoms with E-state index in [4.69, 9.17) is 14.2 Å². The molecule has 3 aromatic carbocycles. The number of carbonyl (C=O) groups is 1. The molecular formula is C21H21NO4. The number of carbonyl (C=O) groups excluding carboxylic acids is 1. The van der Waals surface area contributed by atoms with Crippen LogP contribution in [0.2, 0.25) is 0 Å². The zero-order valence-electron chi connectivity index (χ0n) is 15.0. The second kappa shape index (κ2) is 7.78. The van der Waals surface area contributed by atoms with E-state index >= 15 is 0 Å². The van der Waals surface area contributed by atoms with Crippen LogP contribution in [0.1, 0.15) is 6.92 Å². The maximum atomic E-state index is 12.5. The molecule has 1 amide bonds. The molecule has 0 unspecified atom stereocenters. The lowest BCUT2D eigenvalue weighted by Gasteiger charge is -2.17. The van der Waals surface area contributed by atoms with E-state index in [1.54, 1.807) is 39.3 Å². The SMILES string of the molecule is COc1ccc(NC(=O)[C@@H](C)Oc2ccc3ccccc3c2)c(OC)c1. The van der Waals surface area contributed by atoms with Gasteiger partial charge in [-0.1, -0.05) is 30.3 Å². The van der Waals surface area contributed by atoms with E-state index in [1.165, 1.54) is 0 Å². The number of ether oxygens (including phenoxy) is 3. The largest absolute Gasteiger partial charge is 0.497 e. The molecule has 134 valence electrons. The van der Waals surface area contributed by atoms with Crippen LogP contribution in [-0.2, 0) is 4.79 Å². The van der Waals surface area contributed by atoms with E-state index in [0.29, 0.717) is 22.9 Å². The molecule has 3 rings (SSSR count). The minimum absolute atomic E-state index is 0.262. The second-order valence-electron chi connectivity index (χ2n) is 5.82. The molecule has 5 nitrogen and oxygen atoms in total. The molecule has 26 heavy (non-hydrogen) atoms. The standard InChI is InChI=1S/C21H21NO4/c1-14(26-18-9-8-15-6-4-5-7-16(15)12-18)21(23)22-19-11-10-17(24-2)13-20(19)25-3/h4-14H,1-3H3,(H,22,23)/t14-/m1/s1. The van der Waals surface area contributed by atoms with E-state index in [2.05, 4.69) is 5.32 Å². The number of amides is 1. The lowest BCUT2D eigenvalue weighted by Crippen LogP contribution is -2.30. The summed E-state index contributed by atoms with van der Waals surface area (Å²) in [4.78, 5) is 12.5. The van der Waals surface area contributed by atoms with Crippen molar-refractivity contribution in [1.82, 2.24) is 0 Å². The first-order valence-corrected chi connectivity index (χ1v) is 8.29. The van der Waals surface area contributed by atoms with Gasteiger partial charge in [-0.15, -0.1) is 0 Å². The molecule has 0 spiro atoms. The van der Waals surface area contributed by atoms with Gasteiger partial charge in [0.25, 0.3) is 5.91 Å². The molecule has 1 atom stereocenters. The third-order valence-electron chi connectivity index (χ3n) is 4.07. The van der Waals surface area contributed by atoms with Crippen LogP contribution in [0.3, 0.4) is 0 Å². The molecule has 0 radical (unpaired) electrons. The van der Waals surface area contributed by atoms with Gasteiger partial charge < -0.3 is 19.5 Å². The first-order chi connectivity index (χ1) is 12.6. The van der Waals surface area contributed by atoms with Gasteiger partial charge in [-0.2, -0.15) is 0 Å². The zero-order valence-corrected chi connectivity index (χ0v) is 15.0. The van der Waals surface area contributed by atoms with Crippen molar-refractivity contribution in [2.75, 3.05) is 19.5 Å². The van der Waals surface area contributed by atoms with Gasteiger partial charge in [-0.05, 0) is 42.0 Å². The fourth-order valence-electron chi connectivity index (χ4n) is 2.63. The summed E-state index contributed by atoms with van der Waals surface area (Å²) >= 11 is 0. The number of nitrogens with one attached hydrogen (secondary N) is 1. The Labute approximate surface area is 152 Å². The molecule has 0 heterocycles. The minimum Gasteiger partial charge on any atom is -0.497 e. The van der Waals surface area contributed by atoms with E-state index in [1.807, 2.05) is 42.5 Å². The van der Waals surface area contributed by atoms with Crippen molar-refractivity contribution in [1.29, 1.82) is 0 Å². The van der Waals surface area contributed by atoms with Crippen LogP contribution < -0.4 is 19.5 Å². The van der Waals surface area contributed by atoms with Gasteiger partial charge in [0, 0.05) is 6.07 Å². The van der Waals surface area contributed by atoms with E-state index in [0.717, 1.165) is 10.8 Å². The Kier molecular flexibility index (Phi) is 5.27. The average molecular weight is 351 g/mol. The first kappa shape index (κ1) is 17.6. The van der Waals surface area contributed by atoms with Gasteiger partial charge in [0.1, 0.15) is 17.2 Å². The van der Waals surface area contributed by atoms with Crippen LogP contribution in [-0.4, -0.2) is 26.2 Å². The summed E-state index contributed by atoms with van der Waals surface area (Å²) in [5.74, 6) is 1.56. The molecule has 5 heteroatoms. The van der Waals surface area contributed by atoms with Gasteiger partial charge in [0.15, 0.2) is 6.10 Å². The number of methoxy groups -OCH3 is 2. The number of hydrogen-bond acceptors (Lipinski definition) is 4. The highest BCUT2D eigenvalue weighted by Gasteiger charge is 2.17. The minimum atomic E-state index is -0.664. The topological polar surface area (TPSA) is 56.8 Å². The highest BCUT2D eigenvalue weighted by molar-refractivity contribution is 5.95. The fraction of sp³-hybridized carbons (Fsp3) is 0.190. The average Bonchev–Trinajstić information content (AvgIpc) is 2.68. The lowest BCUT2D eigenvalue weighted by atomic mass is 10.1. The zero-order chi connectivity index (χ0) is 18.5. The maximum absolute atomic E-state index is 12.5. The molecular weight excluding hydrogens is 330 g/mol. The molecule has 0 aliphatic carbocycles. The van der Waals surface area contributed by atoms with Crippen molar-refractivity contribution in [2.45, 2.75) is 13.0 Å². The van der Waals surface area contributed by atoms with Crippen molar-refractivity contribution in [3.05, 3.63) is 60.7 Å². The van der Waals surface area contributed by atoms with Gasteiger partial charge in [-0.25, -0.2) is 0 Å². The van der Waals surface area contributed by atoms with E-state index < -0.39 is 6.10 Å². The number of anilines is 1. The molecule has 0 saturated heterocycles. The quantitative estimate of drug-likeness (QED) is 0.721. The highest BCUT2D eigenvalue weighted by Crippen LogP contribution is 2.29. The Hall–Kier alpha value is -3.21. The van der Waals surface area contributed by atoms with Crippen LogP contribution in [0, 0.1) is 0 Å². The number of fused-ring (bicyclic) bond motifs is 1. The Morgan fingerprint density at radius 3 is 2.35 bits per heavy atom. The Balaban J connectivity index is 1.71. The van der Waals surface area contributed by atoms with Gasteiger partial charge >= 0.3 is 0 Å². The predicted molar refractivity (Wildman–Crippen MR) is 102 cm³/mol. The predicted octanol–water partition coefficient (Wildman–Crippen LogP) is 4.26. The molecule has 0 saturated carbocycles. The summed E-state index contributed by atoms with van der Waals surface area (Å²) < 4.78 is 16.3. The van der Waals surface area contributed by atoms with Crippen molar-refractivity contribution in [2.24, 2.45) is 0 Å². The van der Waals surface area contributed by atoms with Crippen molar-refractivity contribution < 1.29 is 19.0 Å². The third kappa shape index (κ3) is 3.88. The normalized spacial score (nSPS) is 11.7. The summed E-state index contributed by atoms with van der Waals surface area (Å²) in [6.45, 7) is 1.71. The van der Waals surface area contributed by atoms with Crippen molar-refractivity contribution in [3.63, 3.8) is 0 Å². The molecule has 0 aromatic heterocycles. The molecule has 0 aliphatic heterocycles. The number of benzene rings is 3. The van der Waals surface area contributed by atoms with Crippen molar-refractivity contribution >= 4 is 22.4 Å². The molecule has 0 aliphatic rings. The Bertz CT molecular complexity index is 923. The summed E-state index contributed by atoms with van der Waals surface area (Å²) in [6.07, 6.45) is -0.664. The van der Waals surface area contributed by atoms with E-state index in [-0.39, 0.29) is 5.91 Å². The van der Waals surface area contributed by atoms with Crippen LogP contribution in [0.5, 0.6) is 17.2 Å². The first-order valence-electron chi connectivity index (χ1n) is 8.29. The van der Waals surface area contributed by atoms with Crippen LogP contribution in [0.4, 0.5) is 5.69 Å². The second-order valence-corrected chi connectivity index (χ2v) is 5.82.